The van der Waals surface area contributed by atoms with Crippen LogP contribution in [0, 0.1) is 5.82 Å². The average Bonchev–Trinajstić information content (AvgIpc) is 2.30. The van der Waals surface area contributed by atoms with Gasteiger partial charge in [0.1, 0.15) is 5.82 Å². The molecule has 1 aliphatic rings. The molecule has 0 N–H and O–H groups in total. The number of alkyl halides is 1. The molecule has 16 heavy (non-hydrogen) atoms. The molecule has 0 spiro atoms. The Morgan fingerprint density at radius 3 is 2.56 bits per heavy atom. The van der Waals surface area contributed by atoms with Gasteiger partial charge in [0.15, 0.2) is 0 Å². The predicted octanol–water partition coefficient (Wildman–Crippen LogP) is 2.47. The lowest BCUT2D eigenvalue weighted by Gasteiger charge is -2.35. The first-order chi connectivity index (χ1) is 7.72. The Morgan fingerprint density at radius 2 is 1.94 bits per heavy atom. The summed E-state index contributed by atoms with van der Waals surface area (Å²) < 4.78 is 13.6. The van der Waals surface area contributed by atoms with Gasteiger partial charge in [-0.3, -0.25) is 0 Å². The highest BCUT2D eigenvalue weighted by atomic mass is 79.9. The number of piperazine rings is 1. The maximum atomic E-state index is 13.6. The van der Waals surface area contributed by atoms with E-state index in [1.165, 1.54) is 6.07 Å². The standard InChI is InChI=1S/C12H16BrFN2/c1-15-5-7-16(8-6-15)12-4-2-3-11(14)10(12)9-13/h2-4H,5-9H2,1H3. The molecular weight excluding hydrogens is 271 g/mol. The number of anilines is 1. The van der Waals surface area contributed by atoms with E-state index in [0.29, 0.717) is 5.33 Å². The van der Waals surface area contributed by atoms with Gasteiger partial charge in [0.2, 0.25) is 0 Å². The maximum Gasteiger partial charge on any atom is 0.129 e. The third-order valence-corrected chi connectivity index (χ3v) is 3.63. The smallest absolute Gasteiger partial charge is 0.129 e. The summed E-state index contributed by atoms with van der Waals surface area (Å²) in [6.45, 7) is 4.02. The Bertz CT molecular complexity index is 362. The van der Waals surface area contributed by atoms with Crippen LogP contribution in [-0.4, -0.2) is 38.1 Å². The molecule has 1 fully saturated rings. The van der Waals surface area contributed by atoms with Crippen molar-refractivity contribution in [1.82, 2.24) is 4.90 Å². The number of rotatable bonds is 2. The van der Waals surface area contributed by atoms with E-state index in [1.807, 2.05) is 6.07 Å². The number of hydrogen-bond acceptors (Lipinski definition) is 2. The highest BCUT2D eigenvalue weighted by Gasteiger charge is 2.18. The van der Waals surface area contributed by atoms with Crippen LogP contribution < -0.4 is 4.90 Å². The van der Waals surface area contributed by atoms with E-state index in [-0.39, 0.29) is 5.82 Å². The normalized spacial score (nSPS) is 17.8. The van der Waals surface area contributed by atoms with Crippen LogP contribution in [0.5, 0.6) is 0 Å². The van der Waals surface area contributed by atoms with Gasteiger partial charge in [-0.2, -0.15) is 0 Å². The molecule has 0 amide bonds. The highest BCUT2D eigenvalue weighted by Crippen LogP contribution is 2.26. The molecule has 1 heterocycles. The first kappa shape index (κ1) is 11.9. The van der Waals surface area contributed by atoms with Gasteiger partial charge in [-0.05, 0) is 19.2 Å². The topological polar surface area (TPSA) is 6.48 Å². The minimum Gasteiger partial charge on any atom is -0.369 e. The monoisotopic (exact) mass is 286 g/mol. The molecule has 0 atom stereocenters. The molecule has 4 heteroatoms. The first-order valence-corrected chi connectivity index (χ1v) is 6.61. The van der Waals surface area contributed by atoms with Gasteiger partial charge in [0.05, 0.1) is 0 Å². The first-order valence-electron chi connectivity index (χ1n) is 5.49. The van der Waals surface area contributed by atoms with Gasteiger partial charge < -0.3 is 9.80 Å². The zero-order valence-electron chi connectivity index (χ0n) is 9.42. The van der Waals surface area contributed by atoms with Gasteiger partial charge in [0.25, 0.3) is 0 Å². The van der Waals surface area contributed by atoms with Crippen molar-refractivity contribution in [3.05, 3.63) is 29.6 Å². The number of benzene rings is 1. The van der Waals surface area contributed by atoms with Crippen molar-refractivity contribution in [2.24, 2.45) is 0 Å². The van der Waals surface area contributed by atoms with Gasteiger partial charge in [-0.15, -0.1) is 0 Å². The van der Waals surface area contributed by atoms with Gasteiger partial charge in [-0.1, -0.05) is 22.0 Å². The molecule has 1 saturated heterocycles. The lowest BCUT2D eigenvalue weighted by Crippen LogP contribution is -2.44. The van der Waals surface area contributed by atoms with Crippen molar-refractivity contribution in [2.45, 2.75) is 5.33 Å². The maximum absolute atomic E-state index is 13.6. The van der Waals surface area contributed by atoms with Crippen LogP contribution in [0.15, 0.2) is 18.2 Å². The summed E-state index contributed by atoms with van der Waals surface area (Å²) in [4.78, 5) is 4.56. The second kappa shape index (κ2) is 5.15. The number of likely N-dealkylation sites (N-methyl/N-ethyl adjacent to an activating group) is 1. The summed E-state index contributed by atoms with van der Waals surface area (Å²) in [7, 11) is 2.12. The summed E-state index contributed by atoms with van der Waals surface area (Å²) in [6, 6.07) is 5.32. The minimum absolute atomic E-state index is 0.117. The van der Waals surface area contributed by atoms with Gasteiger partial charge in [-0.25, -0.2) is 4.39 Å². The Balaban J connectivity index is 2.23. The Labute approximate surface area is 104 Å². The summed E-state index contributed by atoms with van der Waals surface area (Å²) in [5.74, 6) is -0.117. The number of nitrogens with zero attached hydrogens (tertiary/aromatic N) is 2. The van der Waals surface area contributed by atoms with Crippen molar-refractivity contribution in [3.8, 4) is 0 Å². The molecule has 1 aliphatic heterocycles. The molecule has 2 nitrogen and oxygen atoms in total. The molecule has 0 bridgehead atoms. The van der Waals surface area contributed by atoms with Crippen molar-refractivity contribution < 1.29 is 4.39 Å². The van der Waals surface area contributed by atoms with Crippen LogP contribution in [0.3, 0.4) is 0 Å². The van der Waals surface area contributed by atoms with E-state index in [0.717, 1.165) is 37.4 Å². The largest absolute Gasteiger partial charge is 0.369 e. The van der Waals surface area contributed by atoms with Crippen LogP contribution in [0.25, 0.3) is 0 Å². The summed E-state index contributed by atoms with van der Waals surface area (Å²) in [5.41, 5.74) is 1.80. The molecule has 88 valence electrons. The van der Waals surface area contributed by atoms with Crippen molar-refractivity contribution >= 4 is 21.6 Å². The van der Waals surface area contributed by atoms with E-state index >= 15 is 0 Å². The molecular formula is C12H16BrFN2. The van der Waals surface area contributed by atoms with Crippen molar-refractivity contribution in [3.63, 3.8) is 0 Å². The summed E-state index contributed by atoms with van der Waals surface area (Å²) >= 11 is 3.36. The van der Waals surface area contributed by atoms with Crippen LogP contribution >= 0.6 is 15.9 Å². The Hall–Kier alpha value is -0.610. The molecule has 0 unspecified atom stereocenters. The van der Waals surface area contributed by atoms with E-state index in [9.17, 15) is 4.39 Å². The third-order valence-electron chi connectivity index (χ3n) is 3.07. The van der Waals surface area contributed by atoms with Crippen molar-refractivity contribution in [1.29, 1.82) is 0 Å². The lowest BCUT2D eigenvalue weighted by atomic mass is 10.1. The lowest BCUT2D eigenvalue weighted by molar-refractivity contribution is 0.312. The third kappa shape index (κ3) is 2.38. The highest BCUT2D eigenvalue weighted by molar-refractivity contribution is 9.08. The van der Waals surface area contributed by atoms with E-state index in [1.54, 1.807) is 6.07 Å². The summed E-state index contributed by atoms with van der Waals surface area (Å²) in [6.07, 6.45) is 0. The molecule has 0 radical (unpaired) electrons. The number of hydrogen-bond donors (Lipinski definition) is 0. The Kier molecular flexibility index (Phi) is 3.82. The second-order valence-corrected chi connectivity index (χ2v) is 4.72. The fourth-order valence-corrected chi connectivity index (χ4v) is 2.58. The molecule has 0 saturated carbocycles. The quantitative estimate of drug-likeness (QED) is 0.771. The fraction of sp³-hybridized carbons (Fsp3) is 0.500. The van der Waals surface area contributed by atoms with Gasteiger partial charge in [0, 0.05) is 42.8 Å². The molecule has 0 aromatic heterocycles. The zero-order valence-corrected chi connectivity index (χ0v) is 11.0. The van der Waals surface area contributed by atoms with E-state index in [2.05, 4.69) is 32.8 Å². The molecule has 1 aromatic rings. The van der Waals surface area contributed by atoms with Crippen LogP contribution in [0.2, 0.25) is 0 Å². The number of halogens is 2. The fourth-order valence-electron chi connectivity index (χ4n) is 2.02. The predicted molar refractivity (Wildman–Crippen MR) is 68.7 cm³/mol. The molecule has 2 rings (SSSR count). The average molecular weight is 287 g/mol. The molecule has 0 aliphatic carbocycles. The SMILES string of the molecule is CN1CCN(c2cccc(F)c2CBr)CC1. The van der Waals surface area contributed by atoms with Crippen molar-refractivity contribution in [2.75, 3.05) is 38.1 Å². The van der Waals surface area contributed by atoms with Crippen LogP contribution in [-0.2, 0) is 5.33 Å². The van der Waals surface area contributed by atoms with E-state index in [4.69, 9.17) is 0 Å². The van der Waals surface area contributed by atoms with Crippen LogP contribution in [0.1, 0.15) is 5.56 Å². The van der Waals surface area contributed by atoms with Gasteiger partial charge >= 0.3 is 0 Å². The summed E-state index contributed by atoms with van der Waals surface area (Å²) in [5, 5.41) is 0.571. The van der Waals surface area contributed by atoms with E-state index < -0.39 is 0 Å². The minimum atomic E-state index is -0.117. The van der Waals surface area contributed by atoms with Crippen LogP contribution in [0.4, 0.5) is 10.1 Å². The molecule has 1 aromatic carbocycles. The zero-order chi connectivity index (χ0) is 11.5. The second-order valence-electron chi connectivity index (χ2n) is 4.16. The Morgan fingerprint density at radius 1 is 1.25 bits per heavy atom.